The maximum atomic E-state index is 14.4. The van der Waals surface area contributed by atoms with Crippen LogP contribution in [0.5, 0.6) is 0 Å². The van der Waals surface area contributed by atoms with E-state index >= 15 is 0 Å². The summed E-state index contributed by atoms with van der Waals surface area (Å²) in [5, 5.41) is 18.2. The average molecular weight is 501 g/mol. The van der Waals surface area contributed by atoms with Crippen molar-refractivity contribution in [2.24, 2.45) is 5.92 Å². The Morgan fingerprint density at radius 3 is 2.94 bits per heavy atom. The third-order valence-electron chi connectivity index (χ3n) is 6.42. The van der Waals surface area contributed by atoms with Crippen molar-refractivity contribution in [1.82, 2.24) is 14.8 Å². The molecule has 5 rings (SSSR count). The highest BCUT2D eigenvalue weighted by Gasteiger charge is 2.27. The minimum atomic E-state index is -0.472. The first-order valence-corrected chi connectivity index (χ1v) is 12.6. The van der Waals surface area contributed by atoms with Crippen LogP contribution in [0.2, 0.25) is 0 Å². The van der Waals surface area contributed by atoms with Gasteiger partial charge in [0.1, 0.15) is 21.5 Å². The molecule has 2 fully saturated rings. The van der Waals surface area contributed by atoms with Crippen LogP contribution in [0, 0.1) is 18.7 Å². The number of anilines is 3. The molecule has 1 amide bonds. The fraction of sp³-hybridized carbons (Fsp3) is 0.458. The van der Waals surface area contributed by atoms with Crippen LogP contribution in [-0.4, -0.2) is 58.2 Å². The number of aromatic nitrogens is 3. The van der Waals surface area contributed by atoms with E-state index in [1.165, 1.54) is 6.07 Å². The number of nitrogen functional groups attached to an aromatic ring is 1. The van der Waals surface area contributed by atoms with E-state index in [0.717, 1.165) is 42.1 Å². The van der Waals surface area contributed by atoms with Crippen molar-refractivity contribution in [3.8, 4) is 10.6 Å². The molecule has 0 radical (unpaired) electrons. The number of halogens is 1. The molecule has 2 aromatic heterocycles. The Labute approximate surface area is 206 Å². The fourth-order valence-electron chi connectivity index (χ4n) is 4.45. The van der Waals surface area contributed by atoms with Crippen LogP contribution in [0.15, 0.2) is 24.4 Å². The number of amides is 1. The molecule has 4 N–H and O–H groups in total. The quantitative estimate of drug-likeness (QED) is 0.475. The molecule has 0 bridgehead atoms. The van der Waals surface area contributed by atoms with Gasteiger partial charge in [0.05, 0.1) is 32.1 Å². The van der Waals surface area contributed by atoms with Gasteiger partial charge in [0, 0.05) is 24.6 Å². The monoisotopic (exact) mass is 500 g/mol. The van der Waals surface area contributed by atoms with Crippen molar-refractivity contribution in [2.45, 2.75) is 38.8 Å². The summed E-state index contributed by atoms with van der Waals surface area (Å²) in [6, 6.07) is 4.75. The van der Waals surface area contributed by atoms with Crippen molar-refractivity contribution < 1.29 is 19.0 Å². The summed E-state index contributed by atoms with van der Waals surface area (Å²) in [6.45, 7) is 5.33. The number of aryl methyl sites for hydroxylation is 1. The van der Waals surface area contributed by atoms with Gasteiger partial charge in [-0.2, -0.15) is 5.10 Å². The number of carbonyl (C=O) groups excluding carboxylic acids is 1. The average Bonchev–Trinajstić information content (AvgIpc) is 3.30. The molecular formula is C24H29FN6O3S. The maximum Gasteiger partial charge on any atom is 0.277 e. The van der Waals surface area contributed by atoms with Crippen LogP contribution in [-0.2, 0) is 11.3 Å². The van der Waals surface area contributed by atoms with Gasteiger partial charge in [-0.25, -0.2) is 14.1 Å². The first-order valence-electron chi connectivity index (χ1n) is 11.8. The summed E-state index contributed by atoms with van der Waals surface area (Å²) in [4.78, 5) is 19.8. The highest BCUT2D eigenvalue weighted by atomic mass is 32.1. The van der Waals surface area contributed by atoms with E-state index in [2.05, 4.69) is 20.3 Å². The lowest BCUT2D eigenvalue weighted by Crippen LogP contribution is -2.34. The van der Waals surface area contributed by atoms with Crippen molar-refractivity contribution in [3.63, 3.8) is 0 Å². The number of ether oxygens (including phenoxy) is 1. The Kier molecular flexibility index (Phi) is 6.72. The van der Waals surface area contributed by atoms with Gasteiger partial charge < -0.3 is 25.8 Å². The molecule has 11 heteroatoms. The molecule has 4 heterocycles. The normalized spacial score (nSPS) is 18.8. The van der Waals surface area contributed by atoms with E-state index in [-0.39, 0.29) is 16.8 Å². The minimum absolute atomic E-state index is 0.0586. The number of thiazole rings is 1. The topological polar surface area (TPSA) is 119 Å². The lowest BCUT2D eigenvalue weighted by Gasteiger charge is -2.29. The van der Waals surface area contributed by atoms with E-state index in [1.807, 2.05) is 11.6 Å². The van der Waals surface area contributed by atoms with Gasteiger partial charge in [-0.1, -0.05) is 23.0 Å². The Morgan fingerprint density at radius 1 is 1.34 bits per heavy atom. The zero-order valence-corrected chi connectivity index (χ0v) is 20.4. The van der Waals surface area contributed by atoms with E-state index in [4.69, 9.17) is 10.5 Å². The largest absolute Gasteiger partial charge is 0.393 e. The number of benzene rings is 1. The van der Waals surface area contributed by atoms with Crippen LogP contribution in [0.4, 0.5) is 20.9 Å². The van der Waals surface area contributed by atoms with Crippen LogP contribution >= 0.6 is 11.3 Å². The zero-order chi connectivity index (χ0) is 24.5. The number of carbonyl (C=O) groups is 1. The molecule has 1 atom stereocenters. The molecule has 0 aliphatic carbocycles. The summed E-state index contributed by atoms with van der Waals surface area (Å²) >= 11 is 1.08. The summed E-state index contributed by atoms with van der Waals surface area (Å²) < 4.78 is 21.6. The van der Waals surface area contributed by atoms with E-state index < -0.39 is 11.7 Å². The van der Waals surface area contributed by atoms with Crippen molar-refractivity contribution in [1.29, 1.82) is 0 Å². The summed E-state index contributed by atoms with van der Waals surface area (Å²) in [7, 11) is 0. The zero-order valence-electron chi connectivity index (χ0n) is 19.5. The standard InChI is InChI=1S/C24H29FN6O3S/c1-14-4-5-18(25)17(9-14)23-29-20(21(26)35-23)22(33)28-19-10-27-31(11-15-12-34-13-15)24(19)30-7-2-3-16(32)6-8-30/h4-5,9-10,15-16,32H,2-3,6-8,11-13,26H2,1H3,(H,28,33). The van der Waals surface area contributed by atoms with Crippen molar-refractivity contribution in [3.05, 3.63) is 41.5 Å². The second-order valence-corrected chi connectivity index (χ2v) is 10.2. The SMILES string of the molecule is Cc1ccc(F)c(-c2nc(C(=O)Nc3cnn(CC4COC4)c3N3CCCC(O)CC3)c(N)s2)c1. The molecule has 35 heavy (non-hydrogen) atoms. The molecule has 1 aromatic carbocycles. The molecule has 2 aliphatic rings. The molecule has 9 nitrogen and oxygen atoms in total. The van der Waals surface area contributed by atoms with Gasteiger partial charge in [-0.05, 0) is 38.3 Å². The second-order valence-electron chi connectivity index (χ2n) is 9.21. The molecule has 2 aliphatic heterocycles. The first-order chi connectivity index (χ1) is 16.9. The van der Waals surface area contributed by atoms with Crippen LogP contribution in [0.3, 0.4) is 0 Å². The smallest absolute Gasteiger partial charge is 0.277 e. The number of rotatable bonds is 6. The lowest BCUT2D eigenvalue weighted by atomic mass is 10.1. The minimum Gasteiger partial charge on any atom is -0.393 e. The number of nitrogens with one attached hydrogen (secondary N) is 1. The number of hydrogen-bond donors (Lipinski definition) is 3. The van der Waals surface area contributed by atoms with Crippen LogP contribution in [0.25, 0.3) is 10.6 Å². The van der Waals surface area contributed by atoms with E-state index in [9.17, 15) is 14.3 Å². The molecule has 0 spiro atoms. The highest BCUT2D eigenvalue weighted by Crippen LogP contribution is 2.34. The lowest BCUT2D eigenvalue weighted by molar-refractivity contribution is -0.0406. The first kappa shape index (κ1) is 23.7. The molecule has 186 valence electrons. The summed E-state index contributed by atoms with van der Waals surface area (Å²) in [6.07, 6.45) is 3.55. The molecule has 0 saturated carbocycles. The Morgan fingerprint density at radius 2 is 2.17 bits per heavy atom. The predicted molar refractivity (Wildman–Crippen MR) is 133 cm³/mol. The number of hydrogen-bond acceptors (Lipinski definition) is 8. The Bertz CT molecular complexity index is 1220. The molecule has 1 unspecified atom stereocenters. The maximum absolute atomic E-state index is 14.4. The second kappa shape index (κ2) is 9.92. The van der Waals surface area contributed by atoms with Crippen molar-refractivity contribution >= 4 is 33.8 Å². The van der Waals surface area contributed by atoms with Crippen LogP contribution in [0.1, 0.15) is 35.3 Å². The third-order valence-corrected chi connectivity index (χ3v) is 7.33. The fourth-order valence-corrected chi connectivity index (χ4v) is 5.30. The summed E-state index contributed by atoms with van der Waals surface area (Å²) in [5.74, 6) is 0.290. The van der Waals surface area contributed by atoms with E-state index in [1.54, 1.807) is 18.3 Å². The van der Waals surface area contributed by atoms with Gasteiger partial charge in [0.25, 0.3) is 5.91 Å². The van der Waals surface area contributed by atoms with E-state index in [0.29, 0.717) is 54.9 Å². The van der Waals surface area contributed by atoms with Gasteiger partial charge >= 0.3 is 0 Å². The van der Waals surface area contributed by atoms with Gasteiger partial charge in [0.2, 0.25) is 0 Å². The molecular weight excluding hydrogens is 471 g/mol. The molecule has 2 saturated heterocycles. The number of nitrogens with zero attached hydrogens (tertiary/aromatic N) is 4. The number of nitrogens with two attached hydrogens (primary N) is 1. The number of aliphatic hydroxyl groups excluding tert-OH is 1. The Balaban J connectivity index is 1.42. The highest BCUT2D eigenvalue weighted by molar-refractivity contribution is 7.19. The predicted octanol–water partition coefficient (Wildman–Crippen LogP) is 3.29. The van der Waals surface area contributed by atoms with Gasteiger partial charge in [0.15, 0.2) is 11.5 Å². The van der Waals surface area contributed by atoms with Crippen LogP contribution < -0.4 is 16.0 Å². The number of aliphatic hydroxyl groups is 1. The molecule has 3 aromatic rings. The van der Waals surface area contributed by atoms with Gasteiger partial charge in [-0.3, -0.25) is 4.79 Å². The van der Waals surface area contributed by atoms with Crippen molar-refractivity contribution in [2.75, 3.05) is 42.3 Å². The van der Waals surface area contributed by atoms with Gasteiger partial charge in [-0.15, -0.1) is 0 Å². The summed E-state index contributed by atoms with van der Waals surface area (Å²) in [5.41, 5.74) is 7.96. The Hall–Kier alpha value is -3.02. The third kappa shape index (κ3) is 5.02.